The summed E-state index contributed by atoms with van der Waals surface area (Å²) >= 11 is 0. The van der Waals surface area contributed by atoms with Crippen molar-refractivity contribution in [3.05, 3.63) is 36.0 Å². The van der Waals surface area contributed by atoms with Crippen LogP contribution in [0.2, 0.25) is 0 Å². The fourth-order valence-electron chi connectivity index (χ4n) is 2.64. The van der Waals surface area contributed by atoms with Crippen LogP contribution in [0, 0.1) is 0 Å². The molecule has 0 aliphatic rings. The monoisotopic (exact) mass is 274 g/mol. The van der Waals surface area contributed by atoms with Gasteiger partial charge in [0.05, 0.1) is 0 Å². The Hall–Kier alpha value is -1.32. The number of benzene rings is 1. The predicted molar refractivity (Wildman–Crippen MR) is 85.3 cm³/mol. The number of hydrogen-bond donors (Lipinski definition) is 1. The van der Waals surface area contributed by atoms with Gasteiger partial charge >= 0.3 is 0 Å². The van der Waals surface area contributed by atoms with E-state index in [9.17, 15) is 0 Å². The zero-order valence-corrected chi connectivity index (χ0v) is 12.7. The second-order valence-electron chi connectivity index (χ2n) is 5.17. The molecule has 110 valence electrons. The Bertz CT molecular complexity index is 519. The van der Waals surface area contributed by atoms with Crippen molar-refractivity contribution in [1.82, 2.24) is 9.88 Å². The van der Waals surface area contributed by atoms with Gasteiger partial charge in [0.15, 0.2) is 0 Å². The van der Waals surface area contributed by atoms with Crippen LogP contribution < -0.4 is 5.32 Å². The molecule has 0 atom stereocenters. The molecule has 2 rings (SSSR count). The highest BCUT2D eigenvalue weighted by Gasteiger charge is 2.07. The van der Waals surface area contributed by atoms with Gasteiger partial charge in [0.1, 0.15) is 0 Å². The first-order valence-electron chi connectivity index (χ1n) is 7.63. The van der Waals surface area contributed by atoms with E-state index < -0.39 is 0 Å². The molecule has 0 amide bonds. The smallest absolute Gasteiger partial charge is 0.0483 e. The second kappa shape index (κ2) is 8.08. The number of methoxy groups -OCH3 is 1. The van der Waals surface area contributed by atoms with Crippen LogP contribution >= 0.6 is 0 Å². The van der Waals surface area contributed by atoms with E-state index in [2.05, 4.69) is 47.3 Å². The quantitative estimate of drug-likeness (QED) is 0.711. The van der Waals surface area contributed by atoms with Gasteiger partial charge in [-0.1, -0.05) is 25.1 Å². The zero-order valence-electron chi connectivity index (χ0n) is 12.7. The molecule has 1 heterocycles. The van der Waals surface area contributed by atoms with Crippen molar-refractivity contribution < 1.29 is 4.74 Å². The average Bonchev–Trinajstić information content (AvgIpc) is 2.83. The highest BCUT2D eigenvalue weighted by atomic mass is 16.5. The van der Waals surface area contributed by atoms with Gasteiger partial charge in [0.25, 0.3) is 0 Å². The standard InChI is InChI=1S/C17H26N2O/c1-3-18-11-10-15-14-19(12-6-7-13-20-2)17-9-5-4-8-16(15)17/h4-5,8-9,14,18H,3,6-7,10-13H2,1-2H3. The van der Waals surface area contributed by atoms with Crippen LogP contribution in [0.3, 0.4) is 0 Å². The molecule has 0 saturated carbocycles. The first-order chi connectivity index (χ1) is 9.86. The largest absolute Gasteiger partial charge is 0.385 e. The number of ether oxygens (including phenoxy) is 1. The van der Waals surface area contributed by atoms with Crippen molar-refractivity contribution >= 4 is 10.9 Å². The summed E-state index contributed by atoms with van der Waals surface area (Å²) in [4.78, 5) is 0. The lowest BCUT2D eigenvalue weighted by Gasteiger charge is -2.04. The highest BCUT2D eigenvalue weighted by molar-refractivity contribution is 5.84. The molecular weight excluding hydrogens is 248 g/mol. The van der Waals surface area contributed by atoms with Crippen molar-refractivity contribution in [2.75, 3.05) is 26.8 Å². The minimum absolute atomic E-state index is 0.854. The number of aryl methyl sites for hydroxylation is 1. The Kier molecular flexibility index (Phi) is 6.09. The molecule has 0 unspecified atom stereocenters. The number of unbranched alkanes of at least 4 members (excludes halogenated alkanes) is 1. The minimum Gasteiger partial charge on any atom is -0.385 e. The van der Waals surface area contributed by atoms with Crippen molar-refractivity contribution in [3.8, 4) is 0 Å². The van der Waals surface area contributed by atoms with Crippen LogP contribution in [-0.4, -0.2) is 31.4 Å². The molecule has 0 saturated heterocycles. The summed E-state index contributed by atoms with van der Waals surface area (Å²) in [7, 11) is 1.77. The van der Waals surface area contributed by atoms with Crippen molar-refractivity contribution in [3.63, 3.8) is 0 Å². The maximum atomic E-state index is 5.12. The zero-order chi connectivity index (χ0) is 14.2. The van der Waals surface area contributed by atoms with Crippen molar-refractivity contribution in [1.29, 1.82) is 0 Å². The normalized spacial score (nSPS) is 11.3. The number of rotatable bonds is 9. The molecule has 0 bridgehead atoms. The summed E-state index contributed by atoms with van der Waals surface area (Å²) in [5.41, 5.74) is 2.81. The molecule has 1 aromatic carbocycles. The summed E-state index contributed by atoms with van der Waals surface area (Å²) < 4.78 is 7.52. The number of para-hydroxylation sites is 1. The fraction of sp³-hybridized carbons (Fsp3) is 0.529. The lowest BCUT2D eigenvalue weighted by molar-refractivity contribution is 0.191. The van der Waals surface area contributed by atoms with E-state index in [-0.39, 0.29) is 0 Å². The van der Waals surface area contributed by atoms with Crippen molar-refractivity contribution in [2.45, 2.75) is 32.7 Å². The molecule has 0 spiro atoms. The van der Waals surface area contributed by atoms with Gasteiger partial charge in [-0.05, 0) is 44.0 Å². The maximum Gasteiger partial charge on any atom is 0.0483 e. The molecule has 2 aromatic rings. The Labute approximate surface area is 121 Å². The third-order valence-electron chi connectivity index (χ3n) is 3.69. The molecule has 1 N–H and O–H groups in total. The first kappa shape index (κ1) is 15.1. The van der Waals surface area contributed by atoms with Crippen LogP contribution in [0.4, 0.5) is 0 Å². The number of aromatic nitrogens is 1. The second-order valence-corrected chi connectivity index (χ2v) is 5.17. The lowest BCUT2D eigenvalue weighted by Crippen LogP contribution is -2.15. The molecule has 3 heteroatoms. The Morgan fingerprint density at radius 2 is 2.05 bits per heavy atom. The summed E-state index contributed by atoms with van der Waals surface area (Å²) in [5.74, 6) is 0. The molecule has 0 aliphatic carbocycles. The summed E-state index contributed by atoms with van der Waals surface area (Å²) in [6.45, 7) is 6.17. The number of nitrogens with one attached hydrogen (secondary N) is 1. The van der Waals surface area contributed by atoms with E-state index >= 15 is 0 Å². The molecular formula is C17H26N2O. The van der Waals surface area contributed by atoms with Crippen molar-refractivity contribution in [2.24, 2.45) is 0 Å². The summed E-state index contributed by atoms with van der Waals surface area (Å²) in [5, 5.41) is 4.80. The molecule has 1 aromatic heterocycles. The van der Waals surface area contributed by atoms with Gasteiger partial charge < -0.3 is 14.6 Å². The Morgan fingerprint density at radius 1 is 1.20 bits per heavy atom. The van der Waals surface area contributed by atoms with Gasteiger partial charge in [0.2, 0.25) is 0 Å². The predicted octanol–water partition coefficient (Wildman–Crippen LogP) is 3.22. The minimum atomic E-state index is 0.854. The highest BCUT2D eigenvalue weighted by Crippen LogP contribution is 2.22. The summed E-state index contributed by atoms with van der Waals surface area (Å²) in [6.07, 6.45) is 5.71. The van der Waals surface area contributed by atoms with Crippen LogP contribution in [-0.2, 0) is 17.7 Å². The fourth-order valence-corrected chi connectivity index (χ4v) is 2.64. The number of nitrogens with zero attached hydrogens (tertiary/aromatic N) is 1. The lowest BCUT2D eigenvalue weighted by atomic mass is 10.1. The Morgan fingerprint density at radius 3 is 2.85 bits per heavy atom. The van der Waals surface area contributed by atoms with Gasteiger partial charge in [-0.2, -0.15) is 0 Å². The molecule has 3 nitrogen and oxygen atoms in total. The first-order valence-corrected chi connectivity index (χ1v) is 7.63. The SMILES string of the molecule is CCNCCc1cn(CCCCOC)c2ccccc12. The third kappa shape index (κ3) is 3.84. The van der Waals surface area contributed by atoms with Crippen LogP contribution in [0.5, 0.6) is 0 Å². The average molecular weight is 274 g/mol. The molecule has 0 aliphatic heterocycles. The van der Waals surface area contributed by atoms with Gasteiger partial charge in [0, 0.05) is 37.4 Å². The van der Waals surface area contributed by atoms with Crippen LogP contribution in [0.15, 0.2) is 30.5 Å². The summed E-state index contributed by atoms with van der Waals surface area (Å²) in [6, 6.07) is 8.72. The van der Waals surface area contributed by atoms with E-state index in [1.54, 1.807) is 7.11 Å². The van der Waals surface area contributed by atoms with Crippen LogP contribution in [0.1, 0.15) is 25.3 Å². The van der Waals surface area contributed by atoms with Gasteiger partial charge in [-0.25, -0.2) is 0 Å². The van der Waals surface area contributed by atoms with E-state index in [0.717, 1.165) is 39.1 Å². The van der Waals surface area contributed by atoms with E-state index in [0.29, 0.717) is 0 Å². The maximum absolute atomic E-state index is 5.12. The molecule has 0 radical (unpaired) electrons. The van der Waals surface area contributed by atoms with Gasteiger partial charge in [-0.3, -0.25) is 0 Å². The van der Waals surface area contributed by atoms with Crippen LogP contribution in [0.25, 0.3) is 10.9 Å². The third-order valence-corrected chi connectivity index (χ3v) is 3.69. The topological polar surface area (TPSA) is 26.2 Å². The molecule has 20 heavy (non-hydrogen) atoms. The Balaban J connectivity index is 2.09. The van der Waals surface area contributed by atoms with Gasteiger partial charge in [-0.15, -0.1) is 0 Å². The van der Waals surface area contributed by atoms with E-state index in [4.69, 9.17) is 4.74 Å². The number of fused-ring (bicyclic) bond motifs is 1. The number of hydrogen-bond acceptors (Lipinski definition) is 2. The number of likely N-dealkylation sites (N-methyl/N-ethyl adjacent to an activating group) is 1. The van der Waals surface area contributed by atoms with E-state index in [1.807, 2.05) is 0 Å². The molecule has 0 fully saturated rings. The van der Waals surface area contributed by atoms with E-state index in [1.165, 1.54) is 22.9 Å².